The van der Waals surface area contributed by atoms with Gasteiger partial charge in [0.2, 0.25) is 0 Å². The monoisotopic (exact) mass is 344 g/mol. The Bertz CT molecular complexity index is 846. The third-order valence-corrected chi connectivity index (χ3v) is 3.47. The van der Waals surface area contributed by atoms with Gasteiger partial charge in [-0.1, -0.05) is 24.3 Å². The molecular formula is C17H14F2N4S. The number of nitrogens with one attached hydrogen (secondary N) is 2. The van der Waals surface area contributed by atoms with Crippen LogP contribution in [0.2, 0.25) is 0 Å². The van der Waals surface area contributed by atoms with Crippen molar-refractivity contribution in [1.29, 1.82) is 0 Å². The summed E-state index contributed by atoms with van der Waals surface area (Å²) >= 11 is 5.15. The lowest BCUT2D eigenvalue weighted by molar-refractivity contribution is 0.624. The number of anilines is 2. The lowest BCUT2D eigenvalue weighted by Crippen LogP contribution is -2.20. The average molecular weight is 344 g/mol. The smallest absolute Gasteiger partial charge is 0.176 e. The first kappa shape index (κ1) is 16.1. The van der Waals surface area contributed by atoms with Gasteiger partial charge >= 0.3 is 0 Å². The summed E-state index contributed by atoms with van der Waals surface area (Å²) in [6.45, 7) is 0.509. The highest BCUT2D eigenvalue weighted by Gasteiger charge is 2.05. The number of benzene rings is 2. The first-order valence-electron chi connectivity index (χ1n) is 7.20. The fraction of sp³-hybridized carbons (Fsp3) is 0.0588. The summed E-state index contributed by atoms with van der Waals surface area (Å²) in [7, 11) is 0. The second-order valence-corrected chi connectivity index (χ2v) is 5.49. The molecule has 3 aromatic rings. The van der Waals surface area contributed by atoms with Crippen molar-refractivity contribution in [3.63, 3.8) is 0 Å². The van der Waals surface area contributed by atoms with Crippen molar-refractivity contribution >= 4 is 28.8 Å². The van der Waals surface area contributed by atoms with E-state index in [-0.39, 0.29) is 16.7 Å². The van der Waals surface area contributed by atoms with Crippen molar-refractivity contribution < 1.29 is 8.78 Å². The summed E-state index contributed by atoms with van der Waals surface area (Å²) in [6.07, 6.45) is 1.78. The van der Waals surface area contributed by atoms with E-state index in [1.54, 1.807) is 47.3 Å². The molecule has 0 aliphatic carbocycles. The molecule has 2 N–H and O–H groups in total. The maximum atomic E-state index is 13.6. The third-order valence-electron chi connectivity index (χ3n) is 3.26. The molecule has 0 fully saturated rings. The van der Waals surface area contributed by atoms with Crippen LogP contribution in [0.5, 0.6) is 0 Å². The maximum Gasteiger partial charge on any atom is 0.176 e. The quantitative estimate of drug-likeness (QED) is 0.702. The number of aromatic nitrogens is 2. The topological polar surface area (TPSA) is 41.9 Å². The van der Waals surface area contributed by atoms with Crippen molar-refractivity contribution in [3.8, 4) is 0 Å². The summed E-state index contributed by atoms with van der Waals surface area (Å²) < 4.78 is 28.2. The average Bonchev–Trinajstić information content (AvgIpc) is 2.99. The summed E-state index contributed by atoms with van der Waals surface area (Å²) in [6, 6.07) is 14.2. The number of hydrogen-bond donors (Lipinski definition) is 2. The predicted molar refractivity (Wildman–Crippen MR) is 94.0 cm³/mol. The van der Waals surface area contributed by atoms with E-state index in [1.165, 1.54) is 18.2 Å². The van der Waals surface area contributed by atoms with Crippen molar-refractivity contribution in [3.05, 3.63) is 78.0 Å². The summed E-state index contributed by atoms with van der Waals surface area (Å²) in [4.78, 5) is 0. The van der Waals surface area contributed by atoms with Gasteiger partial charge < -0.3 is 10.6 Å². The molecule has 24 heavy (non-hydrogen) atoms. The molecule has 0 aliphatic heterocycles. The van der Waals surface area contributed by atoms with E-state index in [1.807, 2.05) is 0 Å². The van der Waals surface area contributed by atoms with Crippen LogP contribution in [0.4, 0.5) is 20.3 Å². The van der Waals surface area contributed by atoms with Crippen LogP contribution in [-0.4, -0.2) is 14.9 Å². The van der Waals surface area contributed by atoms with Crippen molar-refractivity contribution in [2.75, 3.05) is 10.6 Å². The van der Waals surface area contributed by atoms with Crippen LogP contribution in [0.1, 0.15) is 5.56 Å². The van der Waals surface area contributed by atoms with Gasteiger partial charge in [-0.3, -0.25) is 4.68 Å². The van der Waals surface area contributed by atoms with Gasteiger partial charge in [0, 0.05) is 12.3 Å². The molecule has 4 nitrogen and oxygen atoms in total. The van der Waals surface area contributed by atoms with Crippen LogP contribution in [0.25, 0.3) is 0 Å². The molecule has 0 aliphatic rings. The van der Waals surface area contributed by atoms with Gasteiger partial charge in [0.1, 0.15) is 11.6 Å². The van der Waals surface area contributed by atoms with E-state index in [0.717, 1.165) is 5.56 Å². The van der Waals surface area contributed by atoms with Gasteiger partial charge in [-0.2, -0.15) is 5.10 Å². The minimum atomic E-state index is -0.386. The number of para-hydroxylation sites is 1. The molecule has 0 unspecified atom stereocenters. The van der Waals surface area contributed by atoms with E-state index >= 15 is 0 Å². The molecular weight excluding hydrogens is 330 g/mol. The molecule has 0 saturated heterocycles. The number of hydrogen-bond acceptors (Lipinski definition) is 2. The zero-order valence-corrected chi connectivity index (χ0v) is 13.4. The van der Waals surface area contributed by atoms with E-state index < -0.39 is 0 Å². The molecule has 0 atom stereocenters. The maximum absolute atomic E-state index is 13.6. The standard InChI is InChI=1S/C17H14F2N4S/c18-13-7-5-12(6-8-13)11-23-10-9-16(22-23)21-17(24)20-15-4-2-1-3-14(15)19/h1-10H,11H2,(H2,20,21,22,24). The van der Waals surface area contributed by atoms with Crippen LogP contribution < -0.4 is 10.6 Å². The fourth-order valence-electron chi connectivity index (χ4n) is 2.13. The van der Waals surface area contributed by atoms with E-state index in [0.29, 0.717) is 18.1 Å². The minimum absolute atomic E-state index is 0.243. The Morgan fingerprint density at radius 2 is 1.75 bits per heavy atom. The zero-order chi connectivity index (χ0) is 16.9. The molecule has 0 amide bonds. The van der Waals surface area contributed by atoms with Gasteiger partial charge in [-0.15, -0.1) is 0 Å². The molecule has 0 radical (unpaired) electrons. The van der Waals surface area contributed by atoms with Crippen LogP contribution in [-0.2, 0) is 6.54 Å². The summed E-state index contributed by atoms with van der Waals surface area (Å²) in [5, 5.41) is 10.2. The van der Waals surface area contributed by atoms with Crippen LogP contribution in [0, 0.1) is 11.6 Å². The van der Waals surface area contributed by atoms with Crippen LogP contribution in [0.3, 0.4) is 0 Å². The lowest BCUT2D eigenvalue weighted by Gasteiger charge is -2.09. The lowest BCUT2D eigenvalue weighted by atomic mass is 10.2. The predicted octanol–water partition coefficient (Wildman–Crippen LogP) is 4.02. The normalized spacial score (nSPS) is 10.4. The Morgan fingerprint density at radius 3 is 2.50 bits per heavy atom. The number of halogens is 2. The van der Waals surface area contributed by atoms with Gasteiger partial charge in [-0.25, -0.2) is 8.78 Å². The molecule has 3 rings (SSSR count). The molecule has 2 aromatic carbocycles. The fourth-order valence-corrected chi connectivity index (χ4v) is 2.34. The Hall–Kier alpha value is -2.80. The van der Waals surface area contributed by atoms with E-state index in [4.69, 9.17) is 12.2 Å². The summed E-state index contributed by atoms with van der Waals surface area (Å²) in [5.74, 6) is -0.124. The second kappa shape index (κ2) is 7.18. The van der Waals surface area contributed by atoms with Gasteiger partial charge in [0.25, 0.3) is 0 Å². The highest BCUT2D eigenvalue weighted by molar-refractivity contribution is 7.80. The van der Waals surface area contributed by atoms with E-state index in [9.17, 15) is 8.78 Å². The third kappa shape index (κ3) is 4.14. The molecule has 7 heteroatoms. The second-order valence-electron chi connectivity index (χ2n) is 5.08. The highest BCUT2D eigenvalue weighted by atomic mass is 32.1. The Kier molecular flexibility index (Phi) is 4.81. The Balaban J connectivity index is 1.60. The van der Waals surface area contributed by atoms with Gasteiger partial charge in [-0.05, 0) is 42.0 Å². The molecule has 0 saturated carbocycles. The van der Waals surface area contributed by atoms with Gasteiger partial charge in [0.05, 0.1) is 12.2 Å². The largest absolute Gasteiger partial charge is 0.330 e. The van der Waals surface area contributed by atoms with Gasteiger partial charge in [0.15, 0.2) is 10.9 Å². The molecule has 0 bridgehead atoms. The first-order chi connectivity index (χ1) is 11.6. The van der Waals surface area contributed by atoms with Crippen LogP contribution in [0.15, 0.2) is 60.8 Å². The van der Waals surface area contributed by atoms with Crippen molar-refractivity contribution in [2.45, 2.75) is 6.54 Å². The first-order valence-corrected chi connectivity index (χ1v) is 7.61. The number of rotatable bonds is 4. The Labute approximate surface area is 143 Å². The number of nitrogens with zero attached hydrogens (tertiary/aromatic N) is 2. The Morgan fingerprint density at radius 1 is 1.00 bits per heavy atom. The van der Waals surface area contributed by atoms with E-state index in [2.05, 4.69) is 15.7 Å². The van der Waals surface area contributed by atoms with Crippen LogP contribution >= 0.6 is 12.2 Å². The highest BCUT2D eigenvalue weighted by Crippen LogP contribution is 2.13. The molecule has 122 valence electrons. The summed E-state index contributed by atoms with van der Waals surface area (Å²) in [5.41, 5.74) is 1.22. The number of thiocarbonyl (C=S) groups is 1. The molecule has 1 aromatic heterocycles. The van der Waals surface area contributed by atoms with Crippen molar-refractivity contribution in [2.24, 2.45) is 0 Å². The minimum Gasteiger partial charge on any atom is -0.330 e. The zero-order valence-electron chi connectivity index (χ0n) is 12.5. The SMILES string of the molecule is Fc1ccc(Cn2ccc(NC(=S)Nc3ccccc3F)n2)cc1. The van der Waals surface area contributed by atoms with Crippen molar-refractivity contribution in [1.82, 2.24) is 9.78 Å². The molecule has 1 heterocycles. The molecule has 0 spiro atoms.